The first-order valence-corrected chi connectivity index (χ1v) is 10.2. The number of hydrogen-bond donors (Lipinski definition) is 0. The molecule has 0 N–H and O–H groups in total. The van der Waals surface area contributed by atoms with E-state index in [-0.39, 0.29) is 17.9 Å². The number of esters is 1. The van der Waals surface area contributed by atoms with Gasteiger partial charge >= 0.3 is 5.97 Å². The Morgan fingerprint density at radius 1 is 1.11 bits per heavy atom. The molecule has 0 saturated carbocycles. The van der Waals surface area contributed by atoms with E-state index in [1.165, 1.54) is 12.1 Å². The van der Waals surface area contributed by atoms with Crippen molar-refractivity contribution in [2.24, 2.45) is 5.92 Å². The molecule has 1 amide bonds. The lowest BCUT2D eigenvalue weighted by Gasteiger charge is -2.24. The summed E-state index contributed by atoms with van der Waals surface area (Å²) < 4.78 is 32.3. The summed E-state index contributed by atoms with van der Waals surface area (Å²) in [5.41, 5.74) is 1.57. The van der Waals surface area contributed by atoms with Crippen molar-refractivity contribution in [2.75, 3.05) is 6.61 Å². The van der Waals surface area contributed by atoms with Crippen molar-refractivity contribution < 1.29 is 22.7 Å². The maximum Gasteiger partial charge on any atom is 0.318 e. The number of rotatable bonds is 5. The van der Waals surface area contributed by atoms with Gasteiger partial charge in [0.25, 0.3) is 15.9 Å². The normalized spacial score (nSPS) is 19.9. The maximum atomic E-state index is 13.2. The van der Waals surface area contributed by atoms with E-state index in [9.17, 15) is 18.0 Å². The predicted molar refractivity (Wildman–Crippen MR) is 99.1 cm³/mol. The van der Waals surface area contributed by atoms with Crippen molar-refractivity contribution >= 4 is 21.9 Å². The molecular formula is C20H21NO5S. The van der Waals surface area contributed by atoms with Gasteiger partial charge in [-0.1, -0.05) is 48.0 Å². The lowest BCUT2D eigenvalue weighted by molar-refractivity contribution is -0.151. The van der Waals surface area contributed by atoms with Crippen LogP contribution in [0.2, 0.25) is 0 Å². The third-order valence-electron chi connectivity index (χ3n) is 4.59. The molecule has 1 aliphatic rings. The van der Waals surface area contributed by atoms with Crippen molar-refractivity contribution in [3.63, 3.8) is 0 Å². The molecule has 1 saturated heterocycles. The Hall–Kier alpha value is -2.67. The van der Waals surface area contributed by atoms with Crippen molar-refractivity contribution in [1.29, 1.82) is 0 Å². The highest BCUT2D eigenvalue weighted by Crippen LogP contribution is 2.40. The molecule has 0 spiro atoms. The molecule has 0 aromatic heterocycles. The first-order valence-electron chi connectivity index (χ1n) is 8.72. The zero-order valence-electron chi connectivity index (χ0n) is 15.2. The molecule has 27 heavy (non-hydrogen) atoms. The standard InChI is InChI=1S/C20H21NO5S/c1-3-26-20(23)17-13-18(15-7-5-4-6-8-15)21(19(17)22)27(24,25)16-11-9-14(2)10-12-16/h4-12,17-18H,3,13H2,1-2H3. The Balaban J connectivity index is 2.06. The van der Waals surface area contributed by atoms with Gasteiger partial charge in [0.15, 0.2) is 0 Å². The zero-order chi connectivity index (χ0) is 19.6. The number of aryl methyl sites for hydroxylation is 1. The van der Waals surface area contributed by atoms with Gasteiger partial charge in [-0.15, -0.1) is 0 Å². The van der Waals surface area contributed by atoms with Crippen LogP contribution >= 0.6 is 0 Å². The second-order valence-electron chi connectivity index (χ2n) is 6.42. The smallest absolute Gasteiger partial charge is 0.318 e. The van der Waals surface area contributed by atoms with Crippen molar-refractivity contribution in [3.05, 3.63) is 65.7 Å². The van der Waals surface area contributed by atoms with Crippen LogP contribution in [0.25, 0.3) is 0 Å². The summed E-state index contributed by atoms with van der Waals surface area (Å²) >= 11 is 0. The van der Waals surface area contributed by atoms with E-state index in [0.29, 0.717) is 5.56 Å². The van der Waals surface area contributed by atoms with Crippen LogP contribution in [0.3, 0.4) is 0 Å². The van der Waals surface area contributed by atoms with Gasteiger partial charge in [-0.2, -0.15) is 0 Å². The summed E-state index contributed by atoms with van der Waals surface area (Å²) in [6.07, 6.45) is 0.0623. The Bertz CT molecular complexity index is 938. The molecule has 1 aliphatic heterocycles. The van der Waals surface area contributed by atoms with E-state index in [0.717, 1.165) is 9.87 Å². The fraction of sp³-hybridized carbons (Fsp3) is 0.300. The van der Waals surface area contributed by atoms with Gasteiger partial charge < -0.3 is 4.74 Å². The van der Waals surface area contributed by atoms with Crippen LogP contribution in [0.1, 0.15) is 30.5 Å². The Morgan fingerprint density at radius 3 is 2.33 bits per heavy atom. The minimum atomic E-state index is -4.11. The van der Waals surface area contributed by atoms with E-state index >= 15 is 0 Å². The number of carbonyl (C=O) groups is 2. The number of carbonyl (C=O) groups excluding carboxylic acids is 2. The quantitative estimate of drug-likeness (QED) is 0.582. The second kappa shape index (κ2) is 7.52. The van der Waals surface area contributed by atoms with Gasteiger partial charge in [-0.3, -0.25) is 9.59 Å². The summed E-state index contributed by atoms with van der Waals surface area (Å²) in [5.74, 6) is -2.57. The third-order valence-corrected chi connectivity index (χ3v) is 6.41. The monoisotopic (exact) mass is 387 g/mol. The Morgan fingerprint density at radius 2 is 1.74 bits per heavy atom. The summed E-state index contributed by atoms with van der Waals surface area (Å²) in [5, 5.41) is 0. The fourth-order valence-electron chi connectivity index (χ4n) is 3.22. The van der Waals surface area contributed by atoms with Crippen LogP contribution in [0, 0.1) is 12.8 Å². The van der Waals surface area contributed by atoms with E-state index in [1.54, 1.807) is 43.3 Å². The summed E-state index contributed by atoms with van der Waals surface area (Å²) in [7, 11) is -4.11. The molecule has 7 heteroatoms. The van der Waals surface area contributed by atoms with Crippen molar-refractivity contribution in [2.45, 2.75) is 31.2 Å². The summed E-state index contributed by atoms with van der Waals surface area (Å²) in [6, 6.07) is 14.4. The minimum absolute atomic E-state index is 0.0203. The lowest BCUT2D eigenvalue weighted by Crippen LogP contribution is -2.37. The van der Waals surface area contributed by atoms with Gasteiger partial charge in [0.05, 0.1) is 17.5 Å². The second-order valence-corrected chi connectivity index (χ2v) is 8.23. The van der Waals surface area contributed by atoms with Crippen LogP contribution in [0.4, 0.5) is 0 Å². The van der Waals surface area contributed by atoms with Crippen LogP contribution in [0.15, 0.2) is 59.5 Å². The SMILES string of the molecule is CCOC(=O)C1CC(c2ccccc2)N(S(=O)(=O)c2ccc(C)cc2)C1=O. The highest BCUT2D eigenvalue weighted by molar-refractivity contribution is 7.89. The average molecular weight is 387 g/mol. The van der Waals surface area contributed by atoms with Crippen LogP contribution < -0.4 is 0 Å². The molecule has 2 atom stereocenters. The molecule has 2 aromatic rings. The molecule has 0 aliphatic carbocycles. The van der Waals surface area contributed by atoms with Gasteiger partial charge in [0.2, 0.25) is 0 Å². The topological polar surface area (TPSA) is 80.8 Å². The highest BCUT2D eigenvalue weighted by atomic mass is 32.2. The fourth-order valence-corrected chi connectivity index (χ4v) is 4.84. The molecule has 1 heterocycles. The number of nitrogens with zero attached hydrogens (tertiary/aromatic N) is 1. The molecule has 6 nitrogen and oxygen atoms in total. The molecule has 2 aromatic carbocycles. The summed E-state index contributed by atoms with van der Waals surface area (Å²) in [4.78, 5) is 25.2. The van der Waals surface area contributed by atoms with Gasteiger partial charge in [-0.05, 0) is 38.0 Å². The minimum Gasteiger partial charge on any atom is -0.465 e. The average Bonchev–Trinajstić information content (AvgIpc) is 3.01. The first-order chi connectivity index (χ1) is 12.9. The Labute approximate surface area is 158 Å². The van der Waals surface area contributed by atoms with Crippen LogP contribution in [-0.4, -0.2) is 31.2 Å². The number of ether oxygens (including phenoxy) is 1. The van der Waals surface area contributed by atoms with E-state index in [2.05, 4.69) is 0 Å². The van der Waals surface area contributed by atoms with Gasteiger partial charge in [-0.25, -0.2) is 12.7 Å². The number of sulfonamides is 1. The third kappa shape index (κ3) is 3.60. The van der Waals surface area contributed by atoms with E-state index in [4.69, 9.17) is 4.74 Å². The maximum absolute atomic E-state index is 13.2. The Kier molecular flexibility index (Phi) is 5.32. The zero-order valence-corrected chi connectivity index (χ0v) is 16.0. The molecule has 0 radical (unpaired) electrons. The van der Waals surface area contributed by atoms with Crippen molar-refractivity contribution in [3.8, 4) is 0 Å². The number of amides is 1. The van der Waals surface area contributed by atoms with Crippen LogP contribution in [0.5, 0.6) is 0 Å². The summed E-state index contributed by atoms with van der Waals surface area (Å²) in [6.45, 7) is 3.62. The van der Waals surface area contributed by atoms with E-state index in [1.807, 2.05) is 13.0 Å². The molecule has 0 bridgehead atoms. The largest absolute Gasteiger partial charge is 0.465 e. The molecule has 2 unspecified atom stereocenters. The van der Waals surface area contributed by atoms with Crippen molar-refractivity contribution in [1.82, 2.24) is 4.31 Å². The van der Waals surface area contributed by atoms with Gasteiger partial charge in [0, 0.05) is 0 Å². The highest BCUT2D eigenvalue weighted by Gasteiger charge is 2.50. The number of benzene rings is 2. The lowest BCUT2D eigenvalue weighted by atomic mass is 10.00. The first kappa shape index (κ1) is 19.1. The molecule has 142 valence electrons. The molecular weight excluding hydrogens is 366 g/mol. The van der Waals surface area contributed by atoms with Crippen LogP contribution in [-0.2, 0) is 24.3 Å². The predicted octanol–water partition coefficient (Wildman–Crippen LogP) is 2.84. The number of hydrogen-bond acceptors (Lipinski definition) is 5. The van der Waals surface area contributed by atoms with E-state index < -0.39 is 33.9 Å². The molecule has 3 rings (SSSR count). The molecule has 1 fully saturated rings. The van der Waals surface area contributed by atoms with Gasteiger partial charge in [0.1, 0.15) is 5.92 Å².